The molecule has 0 bridgehead atoms. The van der Waals surface area contributed by atoms with E-state index in [1.165, 1.54) is 0 Å². The van der Waals surface area contributed by atoms with Crippen molar-refractivity contribution in [1.29, 1.82) is 0 Å². The third kappa shape index (κ3) is 5.91. The predicted molar refractivity (Wildman–Crippen MR) is 49.2 cm³/mol. The smallest absolute Gasteiger partial charge is 0.319 e. The summed E-state index contributed by atoms with van der Waals surface area (Å²) in [5.41, 5.74) is 0. The van der Waals surface area contributed by atoms with E-state index >= 15 is 0 Å². The molecule has 0 aliphatic heterocycles. The molecule has 0 unspecified atom stereocenters. The van der Waals surface area contributed by atoms with E-state index in [9.17, 15) is 4.79 Å². The maximum atomic E-state index is 9.97. The Bertz CT molecular complexity index is 199. The molecule has 0 spiro atoms. The quantitative estimate of drug-likeness (QED) is 0.727. The fraction of sp³-hybridized carbons (Fsp3) is 0.429. The first-order chi connectivity index (χ1) is 5.44. The van der Waals surface area contributed by atoms with Crippen molar-refractivity contribution in [3.8, 4) is 0 Å². The Morgan fingerprint density at radius 1 is 1.67 bits per heavy atom. The van der Waals surface area contributed by atoms with Crippen molar-refractivity contribution >= 4 is 21.9 Å². The molecule has 0 fully saturated rings. The molecule has 0 aliphatic carbocycles. The van der Waals surface area contributed by atoms with Crippen molar-refractivity contribution in [3.63, 3.8) is 0 Å². The number of nitrogens with one attached hydrogen (secondary N) is 1. The zero-order chi connectivity index (χ0) is 9.61. The highest BCUT2D eigenvalue weighted by Gasteiger charge is 2.21. The molecule has 1 heterocycles. The highest BCUT2D eigenvalue weighted by atomic mass is 79.9. The number of aromatic nitrogens is 2. The molecule has 12 heavy (non-hydrogen) atoms. The summed E-state index contributed by atoms with van der Waals surface area (Å²) in [6.45, 7) is 3.16. The maximum absolute atomic E-state index is 9.97. The lowest BCUT2D eigenvalue weighted by molar-refractivity contribution is -0.138. The van der Waals surface area contributed by atoms with Gasteiger partial charge in [-0.3, -0.25) is 4.79 Å². The number of aliphatic carboxylic acids is 1. The summed E-state index contributed by atoms with van der Waals surface area (Å²) in [4.78, 5) is 16.4. The van der Waals surface area contributed by atoms with Crippen molar-refractivity contribution in [2.75, 3.05) is 0 Å². The molecule has 2 N–H and O–H groups in total. The second-order valence-electron chi connectivity index (χ2n) is 2.54. The van der Waals surface area contributed by atoms with Gasteiger partial charge < -0.3 is 10.1 Å². The van der Waals surface area contributed by atoms with E-state index in [2.05, 4.69) is 25.9 Å². The average Bonchev–Trinajstić information content (AvgIpc) is 2.39. The number of hydrogen-bond acceptors (Lipinski definition) is 2. The molecule has 0 saturated heterocycles. The molecular formula is C7H11BrN2O2. The molecule has 4 nitrogen and oxygen atoms in total. The van der Waals surface area contributed by atoms with Gasteiger partial charge in [0.25, 0.3) is 0 Å². The fourth-order valence-corrected chi connectivity index (χ4v) is 0.215. The van der Waals surface area contributed by atoms with Gasteiger partial charge >= 0.3 is 5.97 Å². The van der Waals surface area contributed by atoms with E-state index in [1.54, 1.807) is 32.6 Å². The molecular weight excluding hydrogens is 224 g/mol. The lowest BCUT2D eigenvalue weighted by Gasteiger charge is -2.06. The minimum atomic E-state index is -0.840. The van der Waals surface area contributed by atoms with Crippen LogP contribution < -0.4 is 0 Å². The van der Waals surface area contributed by atoms with Gasteiger partial charge in [0.05, 0.1) is 6.33 Å². The molecule has 0 amide bonds. The van der Waals surface area contributed by atoms with Gasteiger partial charge in [0, 0.05) is 12.4 Å². The standard InChI is InChI=1S/C4H7BrO2.C3H4N2/c1-4(2,5)3(6)7;1-2-5-3-4-1/h1-2H3,(H,6,7);1-3H,(H,4,5). The summed E-state index contributed by atoms with van der Waals surface area (Å²) >= 11 is 2.94. The molecule has 0 saturated carbocycles. The van der Waals surface area contributed by atoms with Gasteiger partial charge in [-0.25, -0.2) is 4.98 Å². The summed E-state index contributed by atoms with van der Waals surface area (Å²) in [5.74, 6) is -0.840. The van der Waals surface area contributed by atoms with E-state index < -0.39 is 10.3 Å². The van der Waals surface area contributed by atoms with Crippen molar-refractivity contribution in [3.05, 3.63) is 18.7 Å². The number of H-pyrrole nitrogens is 1. The van der Waals surface area contributed by atoms with E-state index in [-0.39, 0.29) is 0 Å². The summed E-state index contributed by atoms with van der Waals surface area (Å²) in [6.07, 6.45) is 5.08. The molecule has 0 aliphatic rings. The number of carboxylic acids is 1. The first-order valence-corrected chi connectivity index (χ1v) is 4.09. The number of halogens is 1. The lowest BCUT2D eigenvalue weighted by Crippen LogP contribution is -2.22. The summed E-state index contributed by atoms with van der Waals surface area (Å²) in [5, 5.41) is 8.20. The third-order valence-corrected chi connectivity index (χ3v) is 1.25. The van der Waals surface area contributed by atoms with Crippen LogP contribution in [0, 0.1) is 0 Å². The first kappa shape index (κ1) is 11.2. The number of hydrogen-bond donors (Lipinski definition) is 2. The lowest BCUT2D eigenvalue weighted by atomic mass is 10.2. The van der Waals surface area contributed by atoms with E-state index in [0.29, 0.717) is 0 Å². The van der Waals surface area contributed by atoms with Crippen LogP contribution in [-0.4, -0.2) is 25.4 Å². The fourth-order valence-electron chi connectivity index (χ4n) is 0.215. The molecule has 0 atom stereocenters. The molecule has 1 aromatic rings. The van der Waals surface area contributed by atoms with Crippen molar-refractivity contribution in [2.45, 2.75) is 18.2 Å². The predicted octanol–water partition coefficient (Wildman–Crippen LogP) is 1.65. The van der Waals surface area contributed by atoms with Crippen LogP contribution in [0.2, 0.25) is 0 Å². The van der Waals surface area contributed by atoms with Gasteiger partial charge in [0.2, 0.25) is 0 Å². The molecule has 0 radical (unpaired) electrons. The van der Waals surface area contributed by atoms with Crippen LogP contribution in [0.15, 0.2) is 18.7 Å². The van der Waals surface area contributed by atoms with Gasteiger partial charge in [-0.15, -0.1) is 0 Å². The van der Waals surface area contributed by atoms with Gasteiger partial charge in [-0.2, -0.15) is 0 Å². The topological polar surface area (TPSA) is 66.0 Å². The SMILES string of the molecule is CC(C)(Br)C(=O)O.c1c[nH]cn1. The average molecular weight is 235 g/mol. The Balaban J connectivity index is 0.000000211. The zero-order valence-corrected chi connectivity index (χ0v) is 8.50. The van der Waals surface area contributed by atoms with Crippen molar-refractivity contribution in [2.24, 2.45) is 0 Å². The highest BCUT2D eigenvalue weighted by molar-refractivity contribution is 9.10. The van der Waals surface area contributed by atoms with Crippen LogP contribution in [0.5, 0.6) is 0 Å². The number of carbonyl (C=O) groups is 1. The molecule has 5 heteroatoms. The monoisotopic (exact) mass is 234 g/mol. The highest BCUT2D eigenvalue weighted by Crippen LogP contribution is 2.14. The summed E-state index contributed by atoms with van der Waals surface area (Å²) < 4.78 is -0.771. The summed E-state index contributed by atoms with van der Waals surface area (Å²) in [6, 6.07) is 0. The number of aromatic amines is 1. The van der Waals surface area contributed by atoms with E-state index in [0.717, 1.165) is 0 Å². The Morgan fingerprint density at radius 3 is 2.25 bits per heavy atom. The molecule has 0 aromatic carbocycles. The minimum absolute atomic E-state index is 0.771. The third-order valence-electron chi connectivity index (χ3n) is 0.914. The first-order valence-electron chi connectivity index (χ1n) is 3.29. The second-order valence-corrected chi connectivity index (χ2v) is 4.52. The Morgan fingerprint density at radius 2 is 2.17 bits per heavy atom. The van der Waals surface area contributed by atoms with Crippen molar-refractivity contribution < 1.29 is 9.90 Å². The van der Waals surface area contributed by atoms with E-state index in [1.807, 2.05) is 0 Å². The van der Waals surface area contributed by atoms with Crippen LogP contribution in [0.4, 0.5) is 0 Å². The number of rotatable bonds is 1. The van der Waals surface area contributed by atoms with Crippen LogP contribution in [0.3, 0.4) is 0 Å². The van der Waals surface area contributed by atoms with Gasteiger partial charge in [-0.05, 0) is 13.8 Å². The minimum Gasteiger partial charge on any atom is -0.480 e. The Kier molecular flexibility index (Phi) is 4.58. The number of alkyl halides is 1. The largest absolute Gasteiger partial charge is 0.480 e. The molecule has 1 rings (SSSR count). The number of nitrogens with zero attached hydrogens (tertiary/aromatic N) is 1. The Hall–Kier alpha value is -0.840. The zero-order valence-electron chi connectivity index (χ0n) is 6.91. The van der Waals surface area contributed by atoms with Gasteiger partial charge in [0.15, 0.2) is 0 Å². The van der Waals surface area contributed by atoms with Crippen LogP contribution in [0.1, 0.15) is 13.8 Å². The number of imidazole rings is 1. The molecule has 1 aromatic heterocycles. The van der Waals surface area contributed by atoms with Crippen LogP contribution in [0.25, 0.3) is 0 Å². The van der Waals surface area contributed by atoms with E-state index in [4.69, 9.17) is 5.11 Å². The Labute approximate surface area is 79.1 Å². The van der Waals surface area contributed by atoms with Gasteiger partial charge in [0.1, 0.15) is 4.32 Å². The maximum Gasteiger partial charge on any atom is 0.319 e. The van der Waals surface area contributed by atoms with Crippen molar-refractivity contribution in [1.82, 2.24) is 9.97 Å². The second kappa shape index (κ2) is 4.92. The summed E-state index contributed by atoms with van der Waals surface area (Å²) in [7, 11) is 0. The normalized spacial score (nSPS) is 9.92. The molecule has 68 valence electrons. The van der Waals surface area contributed by atoms with Gasteiger partial charge in [-0.1, -0.05) is 15.9 Å². The number of carboxylic acid groups (broad SMARTS) is 1. The van der Waals surface area contributed by atoms with Crippen LogP contribution >= 0.6 is 15.9 Å². The van der Waals surface area contributed by atoms with Crippen LogP contribution in [-0.2, 0) is 4.79 Å².